The van der Waals surface area contributed by atoms with Crippen molar-refractivity contribution in [3.05, 3.63) is 64.7 Å². The van der Waals surface area contributed by atoms with Gasteiger partial charge in [0, 0.05) is 6.54 Å². The first-order valence-corrected chi connectivity index (χ1v) is 6.71. The van der Waals surface area contributed by atoms with Gasteiger partial charge in [0.15, 0.2) is 0 Å². The summed E-state index contributed by atoms with van der Waals surface area (Å²) < 4.78 is 0. The fourth-order valence-electron chi connectivity index (χ4n) is 2.29. The molecule has 2 aromatic rings. The number of carboxylic acid groups (broad SMARTS) is 1. The molecule has 0 aromatic heterocycles. The normalized spacial score (nSPS) is 10.3. The number of benzene rings is 2. The SMILES string of the molecule is Cc1ccccc1CCNc1c(C)cccc1C(=O)O. The molecule has 3 nitrogen and oxygen atoms in total. The molecule has 0 spiro atoms. The van der Waals surface area contributed by atoms with Crippen LogP contribution in [0.1, 0.15) is 27.0 Å². The highest BCUT2D eigenvalue weighted by molar-refractivity contribution is 5.95. The van der Waals surface area contributed by atoms with Crippen molar-refractivity contribution in [3.63, 3.8) is 0 Å². The number of para-hydroxylation sites is 1. The molecule has 0 atom stereocenters. The Morgan fingerprint density at radius 3 is 2.45 bits per heavy atom. The quantitative estimate of drug-likeness (QED) is 0.871. The van der Waals surface area contributed by atoms with Gasteiger partial charge in [0.05, 0.1) is 11.3 Å². The zero-order valence-electron chi connectivity index (χ0n) is 11.8. The van der Waals surface area contributed by atoms with Gasteiger partial charge in [0.2, 0.25) is 0 Å². The van der Waals surface area contributed by atoms with Gasteiger partial charge in [-0.05, 0) is 43.0 Å². The molecule has 0 saturated carbocycles. The van der Waals surface area contributed by atoms with Crippen molar-refractivity contribution < 1.29 is 9.90 Å². The van der Waals surface area contributed by atoms with Crippen LogP contribution in [0.5, 0.6) is 0 Å². The predicted octanol–water partition coefficient (Wildman–Crippen LogP) is 3.66. The van der Waals surface area contributed by atoms with E-state index in [4.69, 9.17) is 0 Å². The van der Waals surface area contributed by atoms with Gasteiger partial charge in [0.1, 0.15) is 0 Å². The molecule has 0 amide bonds. The maximum absolute atomic E-state index is 11.2. The van der Waals surface area contributed by atoms with Crippen molar-refractivity contribution in [1.82, 2.24) is 0 Å². The van der Waals surface area contributed by atoms with Gasteiger partial charge in [-0.3, -0.25) is 0 Å². The van der Waals surface area contributed by atoms with E-state index in [0.29, 0.717) is 11.3 Å². The Balaban J connectivity index is 2.08. The highest BCUT2D eigenvalue weighted by atomic mass is 16.4. The zero-order chi connectivity index (χ0) is 14.5. The van der Waals surface area contributed by atoms with Crippen molar-refractivity contribution in [2.75, 3.05) is 11.9 Å². The molecule has 0 fully saturated rings. The summed E-state index contributed by atoms with van der Waals surface area (Å²) >= 11 is 0. The smallest absolute Gasteiger partial charge is 0.337 e. The van der Waals surface area contributed by atoms with Crippen LogP contribution in [0.3, 0.4) is 0 Å². The molecule has 0 aliphatic heterocycles. The summed E-state index contributed by atoms with van der Waals surface area (Å²) in [7, 11) is 0. The third-order valence-electron chi connectivity index (χ3n) is 3.46. The molecule has 0 unspecified atom stereocenters. The van der Waals surface area contributed by atoms with E-state index in [9.17, 15) is 9.90 Å². The predicted molar refractivity (Wildman–Crippen MR) is 81.5 cm³/mol. The van der Waals surface area contributed by atoms with Crippen molar-refractivity contribution in [2.45, 2.75) is 20.3 Å². The van der Waals surface area contributed by atoms with E-state index in [1.165, 1.54) is 11.1 Å². The van der Waals surface area contributed by atoms with E-state index in [-0.39, 0.29) is 0 Å². The van der Waals surface area contributed by atoms with Crippen molar-refractivity contribution in [3.8, 4) is 0 Å². The summed E-state index contributed by atoms with van der Waals surface area (Å²) in [4.78, 5) is 11.2. The summed E-state index contributed by atoms with van der Waals surface area (Å²) in [5, 5.41) is 12.5. The van der Waals surface area contributed by atoms with Gasteiger partial charge in [-0.15, -0.1) is 0 Å². The average Bonchev–Trinajstić information content (AvgIpc) is 2.42. The first kappa shape index (κ1) is 14.1. The summed E-state index contributed by atoms with van der Waals surface area (Å²) in [6.07, 6.45) is 0.875. The van der Waals surface area contributed by atoms with E-state index < -0.39 is 5.97 Å². The monoisotopic (exact) mass is 269 g/mol. The Bertz CT molecular complexity index is 620. The second kappa shape index (κ2) is 6.24. The molecule has 2 N–H and O–H groups in total. The van der Waals surface area contributed by atoms with Gasteiger partial charge in [-0.25, -0.2) is 4.79 Å². The van der Waals surface area contributed by atoms with Crippen molar-refractivity contribution in [2.24, 2.45) is 0 Å². The first-order valence-electron chi connectivity index (χ1n) is 6.71. The zero-order valence-corrected chi connectivity index (χ0v) is 11.8. The van der Waals surface area contributed by atoms with Gasteiger partial charge < -0.3 is 10.4 Å². The van der Waals surface area contributed by atoms with Crippen molar-refractivity contribution in [1.29, 1.82) is 0 Å². The van der Waals surface area contributed by atoms with Crippen LogP contribution >= 0.6 is 0 Å². The van der Waals surface area contributed by atoms with Gasteiger partial charge in [-0.1, -0.05) is 36.4 Å². The molecule has 0 bridgehead atoms. The Morgan fingerprint density at radius 1 is 1.05 bits per heavy atom. The van der Waals surface area contributed by atoms with Crippen LogP contribution in [0, 0.1) is 13.8 Å². The van der Waals surface area contributed by atoms with Crippen LogP contribution in [-0.4, -0.2) is 17.6 Å². The number of hydrogen-bond acceptors (Lipinski definition) is 2. The Hall–Kier alpha value is -2.29. The van der Waals surface area contributed by atoms with Gasteiger partial charge >= 0.3 is 5.97 Å². The fraction of sp³-hybridized carbons (Fsp3) is 0.235. The standard InChI is InChI=1S/C17H19NO2/c1-12-6-3-4-8-14(12)10-11-18-16-13(2)7-5-9-15(16)17(19)20/h3-9,18H,10-11H2,1-2H3,(H,19,20). The molecule has 2 rings (SSSR count). The van der Waals surface area contributed by atoms with E-state index >= 15 is 0 Å². The lowest BCUT2D eigenvalue weighted by Crippen LogP contribution is -2.11. The number of hydrogen-bond donors (Lipinski definition) is 2. The highest BCUT2D eigenvalue weighted by Crippen LogP contribution is 2.20. The second-order valence-corrected chi connectivity index (χ2v) is 4.91. The molecule has 104 valence electrons. The molecule has 0 saturated heterocycles. The Morgan fingerprint density at radius 2 is 1.75 bits per heavy atom. The van der Waals surface area contributed by atoms with Crippen LogP contribution in [-0.2, 0) is 6.42 Å². The number of nitrogens with one attached hydrogen (secondary N) is 1. The third kappa shape index (κ3) is 3.18. The molecule has 0 radical (unpaired) electrons. The molecule has 3 heteroatoms. The summed E-state index contributed by atoms with van der Waals surface area (Å²) in [5.74, 6) is -0.896. The van der Waals surface area contributed by atoms with Crippen molar-refractivity contribution >= 4 is 11.7 Å². The van der Waals surface area contributed by atoms with Gasteiger partial charge in [0.25, 0.3) is 0 Å². The Kier molecular flexibility index (Phi) is 4.41. The first-order chi connectivity index (χ1) is 9.59. The highest BCUT2D eigenvalue weighted by Gasteiger charge is 2.11. The minimum atomic E-state index is -0.896. The molecule has 2 aromatic carbocycles. The van der Waals surface area contributed by atoms with Crippen LogP contribution in [0.25, 0.3) is 0 Å². The molecular weight excluding hydrogens is 250 g/mol. The maximum Gasteiger partial charge on any atom is 0.337 e. The van der Waals surface area contributed by atoms with E-state index in [2.05, 4.69) is 24.4 Å². The summed E-state index contributed by atoms with van der Waals surface area (Å²) in [5.41, 5.74) is 4.54. The number of carbonyl (C=O) groups is 1. The third-order valence-corrected chi connectivity index (χ3v) is 3.46. The lowest BCUT2D eigenvalue weighted by Gasteiger charge is -2.13. The molecule has 0 heterocycles. The second-order valence-electron chi connectivity index (χ2n) is 4.91. The molecule has 20 heavy (non-hydrogen) atoms. The molecule has 0 aliphatic rings. The lowest BCUT2D eigenvalue weighted by molar-refractivity contribution is 0.0698. The van der Waals surface area contributed by atoms with E-state index in [1.54, 1.807) is 12.1 Å². The van der Waals surface area contributed by atoms with Crippen LogP contribution < -0.4 is 5.32 Å². The van der Waals surface area contributed by atoms with Crippen LogP contribution in [0.2, 0.25) is 0 Å². The van der Waals surface area contributed by atoms with E-state index in [1.807, 2.05) is 25.1 Å². The minimum absolute atomic E-state index is 0.329. The molecule has 0 aliphatic carbocycles. The maximum atomic E-state index is 11.2. The number of carboxylic acids is 1. The lowest BCUT2D eigenvalue weighted by atomic mass is 10.0. The fourth-order valence-corrected chi connectivity index (χ4v) is 2.29. The summed E-state index contributed by atoms with van der Waals surface area (Å²) in [6, 6.07) is 13.6. The number of rotatable bonds is 5. The average molecular weight is 269 g/mol. The number of aromatic carboxylic acids is 1. The summed E-state index contributed by atoms with van der Waals surface area (Å²) in [6.45, 7) is 4.73. The largest absolute Gasteiger partial charge is 0.478 e. The van der Waals surface area contributed by atoms with E-state index in [0.717, 1.165) is 18.5 Å². The number of anilines is 1. The topological polar surface area (TPSA) is 49.3 Å². The Labute approximate surface area is 119 Å². The van der Waals surface area contributed by atoms with Crippen LogP contribution in [0.15, 0.2) is 42.5 Å². The minimum Gasteiger partial charge on any atom is -0.478 e. The van der Waals surface area contributed by atoms with Crippen LogP contribution in [0.4, 0.5) is 5.69 Å². The number of aryl methyl sites for hydroxylation is 2. The molecular formula is C17H19NO2. The van der Waals surface area contributed by atoms with Gasteiger partial charge in [-0.2, -0.15) is 0 Å².